The molecule has 0 saturated carbocycles. The number of pyridine rings is 1. The lowest BCUT2D eigenvalue weighted by atomic mass is 9.78. The molecule has 0 radical (unpaired) electrons. The molecule has 2 aromatic heterocycles. The fourth-order valence-corrected chi connectivity index (χ4v) is 4.43. The number of aryl methyl sites for hydroxylation is 2. The molecule has 4 aromatic rings. The summed E-state index contributed by atoms with van der Waals surface area (Å²) in [5.41, 5.74) is 8.52. The number of hydrogen-bond acceptors (Lipinski definition) is 2. The van der Waals surface area contributed by atoms with Crippen LogP contribution in [0.2, 0.25) is 0 Å². The van der Waals surface area contributed by atoms with Crippen molar-refractivity contribution in [1.29, 1.82) is 0 Å². The van der Waals surface area contributed by atoms with Gasteiger partial charge in [0, 0.05) is 23.0 Å². The molecule has 0 fully saturated rings. The van der Waals surface area contributed by atoms with Crippen molar-refractivity contribution < 1.29 is 5.11 Å². The highest BCUT2D eigenvalue weighted by atomic mass is 16.3. The molecule has 2 N–H and O–H groups in total. The van der Waals surface area contributed by atoms with Crippen molar-refractivity contribution >= 4 is 17.0 Å². The van der Waals surface area contributed by atoms with Gasteiger partial charge in [0.1, 0.15) is 0 Å². The third kappa shape index (κ3) is 2.51. The van der Waals surface area contributed by atoms with Gasteiger partial charge in [0.2, 0.25) is 0 Å². The van der Waals surface area contributed by atoms with E-state index in [0.29, 0.717) is 0 Å². The Bertz CT molecular complexity index is 1200. The van der Waals surface area contributed by atoms with Crippen molar-refractivity contribution in [2.45, 2.75) is 25.9 Å². The Balaban J connectivity index is 1.75. The number of aliphatic hydroxyl groups excluding tert-OH is 1. The molecule has 2 heterocycles. The Labute approximate surface area is 164 Å². The second-order valence-corrected chi connectivity index (χ2v) is 7.53. The van der Waals surface area contributed by atoms with Crippen LogP contribution in [-0.4, -0.2) is 15.1 Å². The predicted molar refractivity (Wildman–Crippen MR) is 114 cm³/mol. The van der Waals surface area contributed by atoms with Crippen LogP contribution in [0.1, 0.15) is 39.8 Å². The van der Waals surface area contributed by atoms with Gasteiger partial charge in [-0.25, -0.2) is 0 Å². The molecule has 1 aliphatic carbocycles. The van der Waals surface area contributed by atoms with Crippen LogP contribution in [0, 0.1) is 13.8 Å². The van der Waals surface area contributed by atoms with Crippen molar-refractivity contribution in [2.24, 2.45) is 0 Å². The van der Waals surface area contributed by atoms with Gasteiger partial charge < -0.3 is 10.1 Å². The molecule has 2 aromatic carbocycles. The molecule has 5 rings (SSSR count). The molecule has 0 spiro atoms. The maximum absolute atomic E-state index is 11.4. The summed E-state index contributed by atoms with van der Waals surface area (Å²) >= 11 is 0. The van der Waals surface area contributed by atoms with Crippen molar-refractivity contribution in [3.63, 3.8) is 0 Å². The number of aromatic nitrogens is 2. The summed E-state index contributed by atoms with van der Waals surface area (Å²) in [7, 11) is 0. The number of nitrogens with zero attached hydrogens (tertiary/aromatic N) is 1. The number of para-hydroxylation sites is 1. The number of fused-ring (bicyclic) bond motifs is 2. The standard InChI is InChI=1S/C25H22N2O/c1-15-10-11-16(2)22-17(15)12-13-19(25(22)28)23-18-7-3-4-8-20(18)27-24(23)21-9-5-6-14-26-21/h3-14,19,25,27-28H,1-2H3. The molecular weight excluding hydrogens is 344 g/mol. The van der Waals surface area contributed by atoms with Crippen molar-refractivity contribution in [3.8, 4) is 11.4 Å². The van der Waals surface area contributed by atoms with Crippen molar-refractivity contribution in [1.82, 2.24) is 9.97 Å². The Hall–Kier alpha value is -3.17. The van der Waals surface area contributed by atoms with Gasteiger partial charge in [0.15, 0.2) is 0 Å². The first kappa shape index (κ1) is 17.0. The van der Waals surface area contributed by atoms with Gasteiger partial charge in [0.25, 0.3) is 0 Å². The topological polar surface area (TPSA) is 48.9 Å². The number of rotatable bonds is 2. The number of nitrogens with one attached hydrogen (secondary N) is 1. The van der Waals surface area contributed by atoms with E-state index in [-0.39, 0.29) is 5.92 Å². The Kier molecular flexibility index (Phi) is 3.92. The van der Waals surface area contributed by atoms with Gasteiger partial charge in [-0.05, 0) is 59.9 Å². The Morgan fingerprint density at radius 3 is 2.50 bits per heavy atom. The van der Waals surface area contributed by atoms with Gasteiger partial charge in [0.05, 0.1) is 17.5 Å². The lowest BCUT2D eigenvalue weighted by Gasteiger charge is -2.29. The quantitative estimate of drug-likeness (QED) is 0.479. The first-order valence-electron chi connectivity index (χ1n) is 9.63. The van der Waals surface area contributed by atoms with E-state index in [0.717, 1.165) is 44.5 Å². The predicted octanol–water partition coefficient (Wildman–Crippen LogP) is 5.69. The minimum absolute atomic E-state index is 0.138. The third-order valence-electron chi connectivity index (χ3n) is 5.83. The number of aliphatic hydroxyl groups is 1. The highest BCUT2D eigenvalue weighted by Crippen LogP contribution is 2.46. The van der Waals surface area contributed by atoms with Crippen LogP contribution in [0.5, 0.6) is 0 Å². The van der Waals surface area contributed by atoms with E-state index < -0.39 is 6.10 Å². The fourth-order valence-electron chi connectivity index (χ4n) is 4.43. The Morgan fingerprint density at radius 2 is 1.68 bits per heavy atom. The van der Waals surface area contributed by atoms with Crippen LogP contribution >= 0.6 is 0 Å². The summed E-state index contributed by atoms with van der Waals surface area (Å²) in [6.07, 6.45) is 5.52. The maximum Gasteiger partial charge on any atom is 0.0902 e. The van der Waals surface area contributed by atoms with Gasteiger partial charge in [-0.1, -0.05) is 48.6 Å². The minimum atomic E-state index is -0.596. The molecule has 138 valence electrons. The van der Waals surface area contributed by atoms with Crippen LogP contribution in [0.3, 0.4) is 0 Å². The molecule has 0 amide bonds. The Morgan fingerprint density at radius 1 is 0.893 bits per heavy atom. The van der Waals surface area contributed by atoms with Crippen LogP contribution < -0.4 is 0 Å². The third-order valence-corrected chi connectivity index (χ3v) is 5.83. The number of H-pyrrole nitrogens is 1. The minimum Gasteiger partial charge on any atom is -0.387 e. The summed E-state index contributed by atoms with van der Waals surface area (Å²) in [6, 6.07) is 18.4. The molecule has 3 nitrogen and oxygen atoms in total. The summed E-state index contributed by atoms with van der Waals surface area (Å²) in [5, 5.41) is 12.6. The summed E-state index contributed by atoms with van der Waals surface area (Å²) in [4.78, 5) is 8.10. The number of aromatic amines is 1. The maximum atomic E-state index is 11.4. The van der Waals surface area contributed by atoms with Crippen LogP contribution in [0.4, 0.5) is 0 Å². The second-order valence-electron chi connectivity index (χ2n) is 7.53. The molecule has 1 aliphatic rings. The lowest BCUT2D eigenvalue weighted by Crippen LogP contribution is -2.16. The number of benzene rings is 2. The first-order chi connectivity index (χ1) is 13.6. The second kappa shape index (κ2) is 6.47. The lowest BCUT2D eigenvalue weighted by molar-refractivity contribution is 0.160. The summed E-state index contributed by atoms with van der Waals surface area (Å²) in [6.45, 7) is 4.17. The highest BCUT2D eigenvalue weighted by molar-refractivity contribution is 5.91. The summed E-state index contributed by atoms with van der Waals surface area (Å²) < 4.78 is 0. The van der Waals surface area contributed by atoms with Crippen molar-refractivity contribution in [2.75, 3.05) is 0 Å². The van der Waals surface area contributed by atoms with E-state index in [9.17, 15) is 5.11 Å². The van der Waals surface area contributed by atoms with Crippen molar-refractivity contribution in [3.05, 3.63) is 94.7 Å². The normalized spacial score (nSPS) is 18.4. The molecule has 0 saturated heterocycles. The molecule has 0 aliphatic heterocycles. The van der Waals surface area contributed by atoms with Crippen LogP contribution in [0.25, 0.3) is 28.4 Å². The largest absolute Gasteiger partial charge is 0.387 e. The molecule has 28 heavy (non-hydrogen) atoms. The zero-order chi connectivity index (χ0) is 19.3. The van der Waals surface area contributed by atoms with E-state index >= 15 is 0 Å². The molecule has 3 heteroatoms. The SMILES string of the molecule is Cc1ccc(C)c2c1C=CC(c1c(-c3ccccn3)[nH]c3ccccc13)C2O. The molecular formula is C25H22N2O. The van der Waals surface area contributed by atoms with Gasteiger partial charge in [-0.15, -0.1) is 0 Å². The molecule has 2 atom stereocenters. The monoisotopic (exact) mass is 366 g/mol. The van der Waals surface area contributed by atoms with E-state index in [1.807, 2.05) is 30.3 Å². The molecule has 0 bridgehead atoms. The van der Waals surface area contributed by atoms with E-state index in [4.69, 9.17) is 0 Å². The van der Waals surface area contributed by atoms with E-state index in [1.165, 1.54) is 5.56 Å². The van der Waals surface area contributed by atoms with Gasteiger partial charge >= 0.3 is 0 Å². The fraction of sp³-hybridized carbons (Fsp3) is 0.160. The van der Waals surface area contributed by atoms with Gasteiger partial charge in [-0.2, -0.15) is 0 Å². The van der Waals surface area contributed by atoms with Crippen LogP contribution in [0.15, 0.2) is 66.9 Å². The average Bonchev–Trinajstić information content (AvgIpc) is 3.11. The molecule has 2 unspecified atom stereocenters. The van der Waals surface area contributed by atoms with E-state index in [2.05, 4.69) is 60.2 Å². The zero-order valence-electron chi connectivity index (χ0n) is 16.0. The first-order valence-corrected chi connectivity index (χ1v) is 9.63. The summed E-state index contributed by atoms with van der Waals surface area (Å²) in [5.74, 6) is -0.138. The number of hydrogen-bond donors (Lipinski definition) is 2. The zero-order valence-corrected chi connectivity index (χ0v) is 16.0. The highest BCUT2D eigenvalue weighted by Gasteiger charge is 2.32. The van der Waals surface area contributed by atoms with E-state index in [1.54, 1.807) is 6.20 Å². The average molecular weight is 366 g/mol. The van der Waals surface area contributed by atoms with Crippen LogP contribution in [-0.2, 0) is 0 Å². The smallest absolute Gasteiger partial charge is 0.0902 e. The van der Waals surface area contributed by atoms with Gasteiger partial charge in [-0.3, -0.25) is 4.98 Å².